The van der Waals surface area contributed by atoms with Crippen LogP contribution in [0.15, 0.2) is 12.4 Å². The van der Waals surface area contributed by atoms with Crippen molar-refractivity contribution >= 4 is 5.97 Å². The van der Waals surface area contributed by atoms with Gasteiger partial charge in [0.25, 0.3) is 0 Å². The summed E-state index contributed by atoms with van der Waals surface area (Å²) in [6.07, 6.45) is -4.44. The first-order valence-corrected chi connectivity index (χ1v) is 4.12. The van der Waals surface area contributed by atoms with Gasteiger partial charge in [-0.05, 0) is 0 Å². The van der Waals surface area contributed by atoms with Crippen molar-refractivity contribution in [3.8, 4) is 0 Å². The maximum absolute atomic E-state index is 13.1. The Hall–Kier alpha value is -1.66. The van der Waals surface area contributed by atoms with Crippen LogP contribution in [0.5, 0.6) is 0 Å². The van der Waals surface area contributed by atoms with E-state index < -0.39 is 35.5 Å². The summed E-state index contributed by atoms with van der Waals surface area (Å²) in [4.78, 5) is 13.9. The van der Waals surface area contributed by atoms with Gasteiger partial charge in [0, 0.05) is 11.8 Å². The average Bonchev–Trinajstić information content (AvgIpc) is 2.19. The second kappa shape index (κ2) is 4.46. The molecule has 16 heavy (non-hydrogen) atoms. The summed E-state index contributed by atoms with van der Waals surface area (Å²) < 4.78 is 54.6. The molecule has 1 aromatic rings. The van der Waals surface area contributed by atoms with Crippen molar-refractivity contribution in [2.45, 2.75) is 12.6 Å². The standard InChI is InChI=1S/C9H7F4NO2/c1-16-8(15)2-5-6(9(11,12)13)3-14-4-7(5)10/h3-4H,2H2,1H3. The Morgan fingerprint density at radius 3 is 2.56 bits per heavy atom. The minimum absolute atomic E-state index is 0.474. The van der Waals surface area contributed by atoms with Gasteiger partial charge < -0.3 is 4.74 Å². The normalized spacial score (nSPS) is 11.3. The molecule has 0 spiro atoms. The fraction of sp³-hybridized carbons (Fsp3) is 0.333. The molecule has 0 aliphatic carbocycles. The maximum atomic E-state index is 13.1. The second-order valence-electron chi connectivity index (χ2n) is 2.90. The molecule has 1 aromatic heterocycles. The van der Waals surface area contributed by atoms with Crippen LogP contribution in [0.4, 0.5) is 17.6 Å². The van der Waals surface area contributed by atoms with Gasteiger partial charge in [-0.1, -0.05) is 0 Å². The van der Waals surface area contributed by atoms with Gasteiger partial charge in [0.1, 0.15) is 5.82 Å². The number of ether oxygens (including phenoxy) is 1. The van der Waals surface area contributed by atoms with E-state index in [-0.39, 0.29) is 0 Å². The number of halogens is 4. The number of aromatic nitrogens is 1. The SMILES string of the molecule is COC(=O)Cc1c(F)cncc1C(F)(F)F. The zero-order valence-corrected chi connectivity index (χ0v) is 8.14. The molecule has 0 unspecified atom stereocenters. The summed E-state index contributed by atoms with van der Waals surface area (Å²) in [5, 5.41) is 0. The number of esters is 1. The molecule has 0 bridgehead atoms. The molecule has 1 heterocycles. The van der Waals surface area contributed by atoms with Gasteiger partial charge in [0.15, 0.2) is 0 Å². The van der Waals surface area contributed by atoms with E-state index >= 15 is 0 Å². The Bertz CT molecular complexity index is 403. The van der Waals surface area contributed by atoms with E-state index in [0.29, 0.717) is 12.4 Å². The summed E-state index contributed by atoms with van der Waals surface area (Å²) in [7, 11) is 1.01. The number of carbonyl (C=O) groups is 1. The van der Waals surface area contributed by atoms with Crippen LogP contribution in [0, 0.1) is 5.82 Å². The molecule has 88 valence electrons. The zero-order chi connectivity index (χ0) is 12.3. The third-order valence-corrected chi connectivity index (χ3v) is 1.86. The van der Waals surface area contributed by atoms with E-state index in [1.54, 1.807) is 0 Å². The Labute approximate surface area is 88.0 Å². The molecule has 0 saturated carbocycles. The lowest BCUT2D eigenvalue weighted by Gasteiger charge is -2.11. The Kier molecular flexibility index (Phi) is 3.46. The fourth-order valence-corrected chi connectivity index (χ4v) is 1.10. The summed E-state index contributed by atoms with van der Waals surface area (Å²) >= 11 is 0. The molecule has 0 radical (unpaired) electrons. The molecule has 0 aromatic carbocycles. The van der Waals surface area contributed by atoms with Gasteiger partial charge in [-0.3, -0.25) is 9.78 Å². The number of nitrogens with zero attached hydrogens (tertiary/aromatic N) is 1. The summed E-state index contributed by atoms with van der Waals surface area (Å²) in [6.45, 7) is 0. The second-order valence-corrected chi connectivity index (χ2v) is 2.90. The number of rotatable bonds is 2. The van der Waals surface area contributed by atoms with E-state index in [2.05, 4.69) is 9.72 Å². The van der Waals surface area contributed by atoms with Crippen LogP contribution >= 0.6 is 0 Å². The first kappa shape index (κ1) is 12.4. The smallest absolute Gasteiger partial charge is 0.418 e. The molecule has 0 aliphatic heterocycles. The molecule has 0 N–H and O–H groups in total. The number of hydrogen-bond acceptors (Lipinski definition) is 3. The minimum Gasteiger partial charge on any atom is -0.469 e. The number of methoxy groups -OCH3 is 1. The average molecular weight is 237 g/mol. The van der Waals surface area contributed by atoms with Gasteiger partial charge in [-0.25, -0.2) is 4.39 Å². The van der Waals surface area contributed by atoms with Crippen molar-refractivity contribution in [3.63, 3.8) is 0 Å². The van der Waals surface area contributed by atoms with Crippen LogP contribution in [0.1, 0.15) is 11.1 Å². The van der Waals surface area contributed by atoms with E-state index in [9.17, 15) is 22.4 Å². The van der Waals surface area contributed by atoms with E-state index in [0.717, 1.165) is 7.11 Å². The van der Waals surface area contributed by atoms with Crippen molar-refractivity contribution in [3.05, 3.63) is 29.3 Å². The fourth-order valence-electron chi connectivity index (χ4n) is 1.10. The van der Waals surface area contributed by atoms with Crippen molar-refractivity contribution < 1.29 is 27.1 Å². The van der Waals surface area contributed by atoms with Gasteiger partial charge in [-0.15, -0.1) is 0 Å². The van der Waals surface area contributed by atoms with Crippen LogP contribution < -0.4 is 0 Å². The van der Waals surface area contributed by atoms with Crippen LogP contribution in [0.25, 0.3) is 0 Å². The molecule has 0 saturated heterocycles. The number of hydrogen-bond donors (Lipinski definition) is 0. The summed E-state index contributed by atoms with van der Waals surface area (Å²) in [5.41, 5.74) is -2.02. The molecule has 0 aliphatic rings. The molecule has 0 atom stereocenters. The monoisotopic (exact) mass is 237 g/mol. The van der Waals surface area contributed by atoms with Gasteiger partial charge in [0.05, 0.1) is 25.3 Å². The first-order valence-electron chi connectivity index (χ1n) is 4.12. The van der Waals surface area contributed by atoms with Crippen molar-refractivity contribution in [2.75, 3.05) is 7.11 Å². The highest BCUT2D eigenvalue weighted by atomic mass is 19.4. The highest BCUT2D eigenvalue weighted by Crippen LogP contribution is 2.32. The minimum atomic E-state index is -4.75. The van der Waals surface area contributed by atoms with Crippen LogP contribution in [0.2, 0.25) is 0 Å². The highest BCUT2D eigenvalue weighted by Gasteiger charge is 2.35. The molecule has 3 nitrogen and oxygen atoms in total. The van der Waals surface area contributed by atoms with Crippen molar-refractivity contribution in [1.82, 2.24) is 4.98 Å². The van der Waals surface area contributed by atoms with Crippen LogP contribution in [-0.4, -0.2) is 18.1 Å². The zero-order valence-electron chi connectivity index (χ0n) is 8.14. The lowest BCUT2D eigenvalue weighted by atomic mass is 10.1. The number of alkyl halides is 3. The topological polar surface area (TPSA) is 39.2 Å². The van der Waals surface area contributed by atoms with Crippen molar-refractivity contribution in [1.29, 1.82) is 0 Å². The Morgan fingerprint density at radius 2 is 2.06 bits per heavy atom. The van der Waals surface area contributed by atoms with E-state index in [4.69, 9.17) is 0 Å². The van der Waals surface area contributed by atoms with Crippen LogP contribution in [0.3, 0.4) is 0 Å². The quantitative estimate of drug-likeness (QED) is 0.583. The molecule has 1 rings (SSSR count). The number of pyridine rings is 1. The van der Waals surface area contributed by atoms with Crippen molar-refractivity contribution in [2.24, 2.45) is 0 Å². The molecular formula is C9H7F4NO2. The summed E-state index contributed by atoms with van der Waals surface area (Å²) in [6, 6.07) is 0. The molecule has 0 fully saturated rings. The third kappa shape index (κ3) is 2.68. The van der Waals surface area contributed by atoms with Gasteiger partial charge in [0.2, 0.25) is 0 Å². The lowest BCUT2D eigenvalue weighted by molar-refractivity contribution is -0.141. The highest BCUT2D eigenvalue weighted by molar-refractivity contribution is 5.73. The largest absolute Gasteiger partial charge is 0.469 e. The third-order valence-electron chi connectivity index (χ3n) is 1.86. The van der Waals surface area contributed by atoms with Crippen LogP contribution in [-0.2, 0) is 22.1 Å². The first-order chi connectivity index (χ1) is 7.36. The lowest BCUT2D eigenvalue weighted by Crippen LogP contribution is -2.15. The Morgan fingerprint density at radius 1 is 1.44 bits per heavy atom. The van der Waals surface area contributed by atoms with E-state index in [1.165, 1.54) is 0 Å². The Balaban J connectivity index is 3.19. The molecule has 0 amide bonds. The predicted molar refractivity (Wildman–Crippen MR) is 44.9 cm³/mol. The maximum Gasteiger partial charge on any atom is 0.418 e. The van der Waals surface area contributed by atoms with E-state index in [1.807, 2.05) is 0 Å². The molecular weight excluding hydrogens is 230 g/mol. The predicted octanol–water partition coefficient (Wildman–Crippen LogP) is 1.95. The van der Waals surface area contributed by atoms with Gasteiger partial charge in [-0.2, -0.15) is 13.2 Å². The molecule has 7 heteroatoms. The van der Waals surface area contributed by atoms with Gasteiger partial charge >= 0.3 is 12.1 Å². The summed E-state index contributed by atoms with van der Waals surface area (Å²) in [5.74, 6) is -2.13. The number of carbonyl (C=O) groups excluding carboxylic acids is 1.